The highest BCUT2D eigenvalue weighted by Crippen LogP contribution is 2.01. The first-order valence-corrected chi connectivity index (χ1v) is 8.88. The Balaban J connectivity index is 0.000000609. The topological polar surface area (TPSA) is 137 Å². The van der Waals surface area contributed by atoms with Crippen molar-refractivity contribution in [2.45, 2.75) is 24.8 Å². The van der Waals surface area contributed by atoms with E-state index in [0.717, 1.165) is 45.6 Å². The Hall–Kier alpha value is -1.06. The van der Waals surface area contributed by atoms with Crippen LogP contribution in [0.1, 0.15) is 18.4 Å². The van der Waals surface area contributed by atoms with E-state index in [1.807, 2.05) is 0 Å². The fraction of sp³-hybridized carbons (Fsp3) is 0.667. The van der Waals surface area contributed by atoms with Crippen LogP contribution in [0.25, 0.3) is 0 Å². The molecule has 0 saturated carbocycles. The van der Waals surface area contributed by atoms with Crippen molar-refractivity contribution in [2.24, 2.45) is 11.5 Å². The van der Waals surface area contributed by atoms with Gasteiger partial charge in [-0.15, -0.1) is 0 Å². The Morgan fingerprint density at radius 1 is 0.800 bits per heavy atom. The summed E-state index contributed by atoms with van der Waals surface area (Å²) in [5.74, 6) is 0. The molecule has 1 rings (SSSR count). The molecule has 0 aliphatic rings. The van der Waals surface area contributed by atoms with Crippen molar-refractivity contribution in [1.29, 1.82) is 0 Å². The highest BCUT2D eigenvalue weighted by Gasteiger charge is 2.20. The third-order valence-corrected chi connectivity index (χ3v) is 3.64. The molecule has 9 N–H and O–H groups in total. The molecule has 7 nitrogen and oxygen atoms in total. The Morgan fingerprint density at radius 2 is 1.32 bits per heavy atom. The number of nitrogens with one attached hydrogen (secondary N) is 2. The highest BCUT2D eigenvalue weighted by molar-refractivity contribution is 5.14. The van der Waals surface area contributed by atoms with Crippen LogP contribution in [-0.2, 0) is 6.42 Å². The molecule has 0 heterocycles. The second kappa shape index (κ2) is 16.4. The lowest BCUT2D eigenvalue weighted by Gasteiger charge is -2.20. The van der Waals surface area contributed by atoms with Gasteiger partial charge in [0.1, 0.15) is 0 Å². The Kier molecular flexibility index (Phi) is 15.7. The first-order chi connectivity index (χ1) is 12.1. The van der Waals surface area contributed by atoms with Gasteiger partial charge in [0.2, 0.25) is 0 Å². The molecule has 0 spiro atoms. The van der Waals surface area contributed by atoms with Crippen LogP contribution in [0.5, 0.6) is 0 Å². The first-order valence-electron chi connectivity index (χ1n) is 8.88. The lowest BCUT2D eigenvalue weighted by Crippen LogP contribution is -2.50. The number of rotatable bonds is 13. The van der Waals surface area contributed by atoms with E-state index in [1.54, 1.807) is 0 Å². The molecule has 0 bridgehead atoms. The van der Waals surface area contributed by atoms with Crippen molar-refractivity contribution < 1.29 is 15.3 Å². The number of aliphatic hydroxyl groups excluding tert-OH is 3. The molecule has 7 heteroatoms. The molecule has 1 aromatic rings. The molecule has 0 radical (unpaired) electrons. The van der Waals surface area contributed by atoms with E-state index in [4.69, 9.17) is 26.8 Å². The minimum Gasteiger partial charge on any atom is -0.394 e. The molecule has 0 aliphatic carbocycles. The summed E-state index contributed by atoms with van der Waals surface area (Å²) < 4.78 is 0. The maximum atomic E-state index is 8.34. The van der Waals surface area contributed by atoms with Gasteiger partial charge in [0, 0.05) is 13.1 Å². The lowest BCUT2D eigenvalue weighted by atomic mass is 10.1. The smallest absolute Gasteiger partial charge is 0.0856 e. The Labute approximate surface area is 151 Å². The molecule has 0 aromatic heterocycles. The largest absolute Gasteiger partial charge is 0.394 e. The van der Waals surface area contributed by atoms with Gasteiger partial charge in [-0.25, -0.2) is 0 Å². The van der Waals surface area contributed by atoms with Crippen LogP contribution >= 0.6 is 0 Å². The minimum absolute atomic E-state index is 0.403. The number of aryl methyl sites for hydroxylation is 1. The summed E-state index contributed by atoms with van der Waals surface area (Å²) in [4.78, 5) is 0. The molecule has 0 aliphatic heterocycles. The van der Waals surface area contributed by atoms with Gasteiger partial charge in [0.05, 0.1) is 25.4 Å². The van der Waals surface area contributed by atoms with Gasteiger partial charge in [-0.1, -0.05) is 30.3 Å². The van der Waals surface area contributed by atoms with E-state index in [-0.39, 0.29) is 0 Å². The molecule has 25 heavy (non-hydrogen) atoms. The minimum atomic E-state index is -1.21. The highest BCUT2D eigenvalue weighted by atomic mass is 16.3. The van der Waals surface area contributed by atoms with Crippen LogP contribution in [0.3, 0.4) is 0 Å². The van der Waals surface area contributed by atoms with E-state index in [1.165, 1.54) is 12.0 Å². The lowest BCUT2D eigenvalue weighted by molar-refractivity contribution is 0.0698. The second-order valence-electron chi connectivity index (χ2n) is 6.07. The summed E-state index contributed by atoms with van der Waals surface area (Å²) in [6, 6.07) is 10.6. The van der Waals surface area contributed by atoms with Gasteiger partial charge in [-0.2, -0.15) is 0 Å². The SMILES string of the molecule is NC(CO)(CO)CO.NCCCNCCNCCCc1ccccc1. The molecule has 0 atom stereocenters. The molecule has 0 amide bonds. The maximum Gasteiger partial charge on any atom is 0.0856 e. The molecule has 146 valence electrons. The Morgan fingerprint density at radius 3 is 1.76 bits per heavy atom. The first kappa shape index (κ1) is 23.9. The fourth-order valence-electron chi connectivity index (χ4n) is 1.87. The third-order valence-electron chi connectivity index (χ3n) is 3.64. The quantitative estimate of drug-likeness (QED) is 0.221. The predicted octanol–water partition coefficient (Wildman–Crippen LogP) is -1.19. The molecule has 1 aromatic carbocycles. The average Bonchev–Trinajstić information content (AvgIpc) is 2.67. The van der Waals surface area contributed by atoms with Crippen molar-refractivity contribution in [3.05, 3.63) is 35.9 Å². The van der Waals surface area contributed by atoms with E-state index in [9.17, 15) is 0 Å². The van der Waals surface area contributed by atoms with E-state index in [2.05, 4.69) is 41.0 Å². The zero-order valence-electron chi connectivity index (χ0n) is 15.2. The van der Waals surface area contributed by atoms with E-state index in [0.29, 0.717) is 0 Å². The second-order valence-corrected chi connectivity index (χ2v) is 6.07. The average molecular weight is 357 g/mol. The van der Waals surface area contributed by atoms with Gasteiger partial charge in [-0.3, -0.25) is 0 Å². The van der Waals surface area contributed by atoms with Gasteiger partial charge >= 0.3 is 0 Å². The monoisotopic (exact) mass is 356 g/mol. The van der Waals surface area contributed by atoms with Crippen LogP contribution in [0, 0.1) is 0 Å². The third kappa shape index (κ3) is 13.9. The van der Waals surface area contributed by atoms with E-state index < -0.39 is 25.4 Å². The van der Waals surface area contributed by atoms with Gasteiger partial charge in [0.15, 0.2) is 0 Å². The van der Waals surface area contributed by atoms with Crippen molar-refractivity contribution >= 4 is 0 Å². The molecule has 0 fully saturated rings. The molecule has 0 saturated heterocycles. The summed E-state index contributed by atoms with van der Waals surface area (Å²) in [7, 11) is 0. The maximum absolute atomic E-state index is 8.34. The van der Waals surface area contributed by atoms with Crippen LogP contribution in [0.2, 0.25) is 0 Å². The summed E-state index contributed by atoms with van der Waals surface area (Å²) in [5, 5.41) is 31.8. The van der Waals surface area contributed by atoms with Crippen LogP contribution in [0.4, 0.5) is 0 Å². The van der Waals surface area contributed by atoms with E-state index >= 15 is 0 Å². The number of nitrogens with two attached hydrogens (primary N) is 2. The zero-order chi connectivity index (χ0) is 18.8. The number of aliphatic hydroxyl groups is 3. The summed E-state index contributed by atoms with van der Waals surface area (Å²) in [6.07, 6.45) is 3.43. The fourth-order valence-corrected chi connectivity index (χ4v) is 1.87. The van der Waals surface area contributed by atoms with Gasteiger partial charge < -0.3 is 37.4 Å². The van der Waals surface area contributed by atoms with Crippen molar-refractivity contribution in [3.63, 3.8) is 0 Å². The Bertz CT molecular complexity index is 381. The van der Waals surface area contributed by atoms with Crippen molar-refractivity contribution in [2.75, 3.05) is 52.5 Å². The van der Waals surface area contributed by atoms with Crippen LogP contribution < -0.4 is 22.1 Å². The normalized spacial score (nSPS) is 11.1. The summed E-state index contributed by atoms with van der Waals surface area (Å²) in [5.41, 5.74) is 10.8. The van der Waals surface area contributed by atoms with Gasteiger partial charge in [-0.05, 0) is 44.5 Å². The molecule has 0 unspecified atom stereocenters. The molecular formula is C18H36N4O3. The van der Waals surface area contributed by atoms with Crippen molar-refractivity contribution in [1.82, 2.24) is 10.6 Å². The van der Waals surface area contributed by atoms with Gasteiger partial charge in [0.25, 0.3) is 0 Å². The van der Waals surface area contributed by atoms with Crippen LogP contribution in [0.15, 0.2) is 30.3 Å². The molecular weight excluding hydrogens is 320 g/mol. The number of hydrogen-bond acceptors (Lipinski definition) is 7. The van der Waals surface area contributed by atoms with Crippen LogP contribution in [-0.4, -0.2) is 73.4 Å². The summed E-state index contributed by atoms with van der Waals surface area (Å²) >= 11 is 0. The predicted molar refractivity (Wildman–Crippen MR) is 102 cm³/mol. The number of benzene rings is 1. The zero-order valence-corrected chi connectivity index (χ0v) is 15.2. The number of hydrogen-bond donors (Lipinski definition) is 7. The standard InChI is InChI=1S/C14H25N3.C4H11NO3/c15-9-5-11-17-13-12-16-10-4-8-14-6-2-1-3-7-14;5-4(1-6,2-7)3-8/h1-3,6-7,16-17H,4-5,8-13,15H2;6-8H,1-3,5H2. The summed E-state index contributed by atoms with van der Waals surface area (Å²) in [6.45, 7) is 3.76. The van der Waals surface area contributed by atoms with Crippen molar-refractivity contribution in [3.8, 4) is 0 Å².